The average Bonchev–Trinajstić information content (AvgIpc) is 3.31. The number of benzene rings is 3. The first kappa shape index (κ1) is 20.2. The summed E-state index contributed by atoms with van der Waals surface area (Å²) in [5.74, 6) is 0.596. The molecule has 0 unspecified atom stereocenters. The average molecular weight is 401 g/mol. The van der Waals surface area contributed by atoms with Crippen LogP contribution >= 0.6 is 0 Å². The van der Waals surface area contributed by atoms with Crippen LogP contribution in [0.4, 0.5) is 0 Å². The standard InChI is InChI=1S/C26H28N2O2/c29-26(24-9-6-10-25(17-24)30-20-23-7-2-1-3-8-23)27-18-21-11-13-22(14-12-21)19-28-15-4-5-16-28/h1-3,6-14,17H,4-5,15-16,18-20H2,(H,27,29). The van der Waals surface area contributed by atoms with Gasteiger partial charge in [-0.3, -0.25) is 9.69 Å². The summed E-state index contributed by atoms with van der Waals surface area (Å²) < 4.78 is 5.83. The van der Waals surface area contributed by atoms with E-state index in [0.29, 0.717) is 24.5 Å². The van der Waals surface area contributed by atoms with Gasteiger partial charge in [0, 0.05) is 18.7 Å². The summed E-state index contributed by atoms with van der Waals surface area (Å²) in [4.78, 5) is 15.1. The molecule has 0 atom stereocenters. The number of likely N-dealkylation sites (tertiary alicyclic amines) is 1. The zero-order valence-corrected chi connectivity index (χ0v) is 17.2. The van der Waals surface area contributed by atoms with Gasteiger partial charge >= 0.3 is 0 Å². The number of carbonyl (C=O) groups is 1. The molecule has 0 aromatic heterocycles. The lowest BCUT2D eigenvalue weighted by molar-refractivity contribution is 0.0950. The lowest BCUT2D eigenvalue weighted by atomic mass is 10.1. The second kappa shape index (κ2) is 10.1. The van der Waals surface area contributed by atoms with E-state index in [9.17, 15) is 4.79 Å². The SMILES string of the molecule is O=C(NCc1ccc(CN2CCCC2)cc1)c1cccc(OCc2ccccc2)c1. The van der Waals surface area contributed by atoms with E-state index in [1.54, 1.807) is 6.07 Å². The number of hydrogen-bond donors (Lipinski definition) is 1. The molecule has 0 bridgehead atoms. The third-order valence-corrected chi connectivity index (χ3v) is 5.43. The first-order valence-electron chi connectivity index (χ1n) is 10.6. The van der Waals surface area contributed by atoms with Crippen molar-refractivity contribution in [3.63, 3.8) is 0 Å². The molecule has 0 aliphatic carbocycles. The van der Waals surface area contributed by atoms with E-state index < -0.39 is 0 Å². The van der Waals surface area contributed by atoms with Crippen LogP contribution in [0.5, 0.6) is 5.75 Å². The molecule has 4 heteroatoms. The van der Waals surface area contributed by atoms with Crippen molar-refractivity contribution in [2.75, 3.05) is 13.1 Å². The van der Waals surface area contributed by atoms with Crippen LogP contribution in [-0.4, -0.2) is 23.9 Å². The van der Waals surface area contributed by atoms with Gasteiger partial charge in [0.25, 0.3) is 5.91 Å². The van der Waals surface area contributed by atoms with Crippen molar-refractivity contribution < 1.29 is 9.53 Å². The van der Waals surface area contributed by atoms with Crippen LogP contribution < -0.4 is 10.1 Å². The van der Waals surface area contributed by atoms with Crippen molar-refractivity contribution in [2.24, 2.45) is 0 Å². The lowest BCUT2D eigenvalue weighted by Gasteiger charge is -2.14. The Bertz CT molecular complexity index is 948. The molecule has 3 aromatic rings. The monoisotopic (exact) mass is 400 g/mol. The fraction of sp³-hybridized carbons (Fsp3) is 0.269. The Labute approximate surface area is 178 Å². The minimum atomic E-state index is -0.0960. The molecule has 1 aliphatic rings. The van der Waals surface area contributed by atoms with E-state index >= 15 is 0 Å². The van der Waals surface area contributed by atoms with Crippen LogP contribution in [0.15, 0.2) is 78.9 Å². The van der Waals surface area contributed by atoms with Crippen LogP contribution in [0.25, 0.3) is 0 Å². The van der Waals surface area contributed by atoms with Gasteiger partial charge in [-0.2, -0.15) is 0 Å². The zero-order valence-electron chi connectivity index (χ0n) is 17.2. The van der Waals surface area contributed by atoms with Gasteiger partial charge in [0.05, 0.1) is 0 Å². The Morgan fingerprint density at radius 2 is 1.57 bits per heavy atom. The normalized spacial score (nSPS) is 13.9. The van der Waals surface area contributed by atoms with Gasteiger partial charge in [-0.05, 0) is 60.8 Å². The minimum absolute atomic E-state index is 0.0960. The van der Waals surface area contributed by atoms with Crippen molar-refractivity contribution in [3.05, 3.63) is 101 Å². The van der Waals surface area contributed by atoms with Gasteiger partial charge in [-0.25, -0.2) is 0 Å². The number of rotatable bonds is 8. The molecule has 1 N–H and O–H groups in total. The summed E-state index contributed by atoms with van der Waals surface area (Å²) in [5.41, 5.74) is 4.13. The highest BCUT2D eigenvalue weighted by molar-refractivity contribution is 5.94. The van der Waals surface area contributed by atoms with Crippen LogP contribution in [0.1, 0.15) is 39.9 Å². The number of nitrogens with zero attached hydrogens (tertiary/aromatic N) is 1. The van der Waals surface area contributed by atoms with Crippen molar-refractivity contribution >= 4 is 5.91 Å². The van der Waals surface area contributed by atoms with E-state index in [2.05, 4.69) is 34.5 Å². The van der Waals surface area contributed by atoms with Crippen LogP contribution in [0.2, 0.25) is 0 Å². The Kier molecular flexibility index (Phi) is 6.78. The van der Waals surface area contributed by atoms with Gasteiger partial charge in [0.15, 0.2) is 0 Å². The summed E-state index contributed by atoms with van der Waals surface area (Å²) in [6.45, 7) is 4.41. The maximum Gasteiger partial charge on any atom is 0.251 e. The summed E-state index contributed by atoms with van der Waals surface area (Å²) in [5, 5.41) is 3.00. The highest BCUT2D eigenvalue weighted by atomic mass is 16.5. The fourth-order valence-electron chi connectivity index (χ4n) is 3.71. The van der Waals surface area contributed by atoms with E-state index in [1.807, 2.05) is 48.5 Å². The van der Waals surface area contributed by atoms with Gasteiger partial charge in [0.1, 0.15) is 12.4 Å². The molecule has 0 spiro atoms. The Morgan fingerprint density at radius 1 is 0.833 bits per heavy atom. The molecule has 4 nitrogen and oxygen atoms in total. The number of amides is 1. The minimum Gasteiger partial charge on any atom is -0.489 e. The van der Waals surface area contributed by atoms with Crippen LogP contribution in [-0.2, 0) is 19.7 Å². The lowest BCUT2D eigenvalue weighted by Crippen LogP contribution is -2.23. The molecule has 30 heavy (non-hydrogen) atoms. The predicted molar refractivity (Wildman–Crippen MR) is 119 cm³/mol. The fourth-order valence-corrected chi connectivity index (χ4v) is 3.71. The van der Waals surface area contributed by atoms with E-state index in [4.69, 9.17) is 4.74 Å². The van der Waals surface area contributed by atoms with Gasteiger partial charge in [-0.1, -0.05) is 60.7 Å². The van der Waals surface area contributed by atoms with E-state index in [-0.39, 0.29) is 5.91 Å². The third kappa shape index (κ3) is 5.71. The van der Waals surface area contributed by atoms with Crippen molar-refractivity contribution in [1.29, 1.82) is 0 Å². The first-order valence-corrected chi connectivity index (χ1v) is 10.6. The zero-order chi connectivity index (χ0) is 20.6. The molecule has 1 amide bonds. The summed E-state index contributed by atoms with van der Waals surface area (Å²) in [6.07, 6.45) is 2.62. The molecular weight excluding hydrogens is 372 g/mol. The first-order chi connectivity index (χ1) is 14.8. The van der Waals surface area contributed by atoms with Crippen LogP contribution in [0, 0.1) is 0 Å². The second-order valence-electron chi connectivity index (χ2n) is 7.78. The Balaban J connectivity index is 1.28. The predicted octanol–water partition coefficient (Wildman–Crippen LogP) is 4.79. The second-order valence-corrected chi connectivity index (χ2v) is 7.78. The van der Waals surface area contributed by atoms with Crippen molar-refractivity contribution in [1.82, 2.24) is 10.2 Å². The summed E-state index contributed by atoms with van der Waals surface area (Å²) in [6, 6.07) is 25.9. The summed E-state index contributed by atoms with van der Waals surface area (Å²) in [7, 11) is 0. The van der Waals surface area contributed by atoms with E-state index in [0.717, 1.165) is 17.7 Å². The molecule has 1 saturated heterocycles. The molecular formula is C26H28N2O2. The number of nitrogens with one attached hydrogen (secondary N) is 1. The molecule has 0 radical (unpaired) electrons. The smallest absolute Gasteiger partial charge is 0.251 e. The number of ether oxygens (including phenoxy) is 1. The highest BCUT2D eigenvalue weighted by Gasteiger charge is 2.11. The van der Waals surface area contributed by atoms with Gasteiger partial charge < -0.3 is 10.1 Å². The topological polar surface area (TPSA) is 41.6 Å². The highest BCUT2D eigenvalue weighted by Crippen LogP contribution is 2.16. The Hall–Kier alpha value is -3.11. The molecule has 3 aromatic carbocycles. The van der Waals surface area contributed by atoms with Gasteiger partial charge in [0.2, 0.25) is 0 Å². The quantitative estimate of drug-likeness (QED) is 0.591. The maximum atomic E-state index is 12.6. The van der Waals surface area contributed by atoms with Crippen molar-refractivity contribution in [3.8, 4) is 5.75 Å². The number of carbonyl (C=O) groups excluding carboxylic acids is 1. The number of hydrogen-bond acceptors (Lipinski definition) is 3. The van der Waals surface area contributed by atoms with Crippen molar-refractivity contribution in [2.45, 2.75) is 32.5 Å². The molecule has 0 saturated carbocycles. The molecule has 1 aliphatic heterocycles. The molecule has 154 valence electrons. The maximum absolute atomic E-state index is 12.6. The van der Waals surface area contributed by atoms with Gasteiger partial charge in [-0.15, -0.1) is 0 Å². The van der Waals surface area contributed by atoms with E-state index in [1.165, 1.54) is 31.5 Å². The molecule has 1 fully saturated rings. The summed E-state index contributed by atoms with van der Waals surface area (Å²) >= 11 is 0. The molecule has 1 heterocycles. The van der Waals surface area contributed by atoms with Crippen LogP contribution in [0.3, 0.4) is 0 Å². The Morgan fingerprint density at radius 3 is 2.33 bits per heavy atom. The third-order valence-electron chi connectivity index (χ3n) is 5.43. The largest absolute Gasteiger partial charge is 0.489 e. The molecule has 4 rings (SSSR count).